The molecule has 28 heavy (non-hydrogen) atoms. The molecule has 2 aliphatic rings. The minimum Gasteiger partial charge on any atom is -0.488 e. The third-order valence-corrected chi connectivity index (χ3v) is 5.88. The van der Waals surface area contributed by atoms with Crippen LogP contribution in [0.15, 0.2) is 36.4 Å². The maximum atomic E-state index is 13.3. The largest absolute Gasteiger partial charge is 0.488 e. The molecule has 1 N–H and O–H groups in total. The third-order valence-electron chi connectivity index (χ3n) is 5.88. The van der Waals surface area contributed by atoms with Crippen molar-refractivity contribution in [3.05, 3.63) is 64.3 Å². The molecule has 5 heteroatoms. The summed E-state index contributed by atoms with van der Waals surface area (Å²) in [7, 11) is 0. The first-order valence-electron chi connectivity index (χ1n) is 9.49. The van der Waals surface area contributed by atoms with Gasteiger partial charge in [0.2, 0.25) is 0 Å². The second kappa shape index (κ2) is 5.95. The number of H-pyrrole nitrogens is 1. The first-order valence-corrected chi connectivity index (χ1v) is 9.49. The maximum absolute atomic E-state index is 13.3. The van der Waals surface area contributed by atoms with Gasteiger partial charge in [0.1, 0.15) is 11.9 Å². The maximum Gasteiger partial charge on any atom is 0.195 e. The lowest BCUT2D eigenvalue weighted by atomic mass is 9.71. The standard InChI is InChI=1S/C23H20N2O3/c1-23(2)18-10-14(28-15-7-8-27-12-15)4-6-16(18)21(26)20-17-5-3-13(11-24)9-19(17)25-22(20)23/h3-6,9-10,15,25H,7-8,12H2,1-2H3/t15-/m1/s1. The van der Waals surface area contributed by atoms with Crippen molar-refractivity contribution in [2.75, 3.05) is 13.2 Å². The van der Waals surface area contributed by atoms with Gasteiger partial charge in [-0.1, -0.05) is 19.9 Å². The molecule has 0 spiro atoms. The Balaban J connectivity index is 1.65. The molecule has 5 rings (SSSR count). The molecule has 0 unspecified atom stereocenters. The molecule has 140 valence electrons. The highest BCUT2D eigenvalue weighted by Crippen LogP contribution is 2.44. The van der Waals surface area contributed by atoms with E-state index in [0.29, 0.717) is 23.3 Å². The quantitative estimate of drug-likeness (QED) is 0.736. The monoisotopic (exact) mass is 372 g/mol. The van der Waals surface area contributed by atoms with Gasteiger partial charge in [-0.15, -0.1) is 0 Å². The van der Waals surface area contributed by atoms with Crippen molar-refractivity contribution in [2.45, 2.75) is 31.8 Å². The second-order valence-corrected chi connectivity index (χ2v) is 8.01. The van der Waals surface area contributed by atoms with Gasteiger partial charge in [0.05, 0.1) is 30.4 Å². The summed E-state index contributed by atoms with van der Waals surface area (Å²) in [6, 6.07) is 13.3. The van der Waals surface area contributed by atoms with Crippen LogP contribution in [0.5, 0.6) is 5.75 Å². The van der Waals surface area contributed by atoms with Crippen LogP contribution in [0.3, 0.4) is 0 Å². The third kappa shape index (κ3) is 2.38. The van der Waals surface area contributed by atoms with Crippen molar-refractivity contribution in [1.82, 2.24) is 4.98 Å². The van der Waals surface area contributed by atoms with Gasteiger partial charge in [-0.05, 0) is 35.9 Å². The summed E-state index contributed by atoms with van der Waals surface area (Å²) in [5.41, 5.74) is 4.24. The Bertz CT molecular complexity index is 1160. The van der Waals surface area contributed by atoms with Crippen LogP contribution in [0.2, 0.25) is 0 Å². The molecular formula is C23H20N2O3. The number of hydrogen-bond donors (Lipinski definition) is 1. The van der Waals surface area contributed by atoms with E-state index in [2.05, 4.69) is 24.9 Å². The molecule has 1 atom stereocenters. The number of aromatic nitrogens is 1. The first-order chi connectivity index (χ1) is 13.5. The summed E-state index contributed by atoms with van der Waals surface area (Å²) in [6.45, 7) is 5.55. The van der Waals surface area contributed by atoms with Gasteiger partial charge in [-0.3, -0.25) is 4.79 Å². The number of rotatable bonds is 2. The van der Waals surface area contributed by atoms with Crippen molar-refractivity contribution in [1.29, 1.82) is 5.26 Å². The van der Waals surface area contributed by atoms with E-state index in [1.54, 1.807) is 12.1 Å². The zero-order chi connectivity index (χ0) is 19.5. The summed E-state index contributed by atoms with van der Waals surface area (Å²) in [4.78, 5) is 16.7. The molecule has 1 aliphatic heterocycles. The Hall–Kier alpha value is -3.10. The number of carbonyl (C=O) groups excluding carboxylic acids is 1. The fraction of sp³-hybridized carbons (Fsp3) is 0.304. The van der Waals surface area contributed by atoms with E-state index in [0.717, 1.165) is 40.9 Å². The van der Waals surface area contributed by atoms with Crippen molar-refractivity contribution in [3.63, 3.8) is 0 Å². The Morgan fingerprint density at radius 1 is 1.25 bits per heavy atom. The van der Waals surface area contributed by atoms with Crippen molar-refractivity contribution >= 4 is 16.7 Å². The van der Waals surface area contributed by atoms with Gasteiger partial charge < -0.3 is 14.5 Å². The number of fused-ring (bicyclic) bond motifs is 4. The van der Waals surface area contributed by atoms with Crippen LogP contribution < -0.4 is 4.74 Å². The van der Waals surface area contributed by atoms with Crippen LogP contribution in [0.1, 0.15) is 53.0 Å². The van der Waals surface area contributed by atoms with Crippen molar-refractivity contribution < 1.29 is 14.3 Å². The highest BCUT2D eigenvalue weighted by atomic mass is 16.5. The van der Waals surface area contributed by atoms with Gasteiger partial charge in [0, 0.05) is 34.0 Å². The topological polar surface area (TPSA) is 75.1 Å². The molecule has 5 nitrogen and oxygen atoms in total. The smallest absolute Gasteiger partial charge is 0.195 e. The fourth-order valence-electron chi connectivity index (χ4n) is 4.35. The van der Waals surface area contributed by atoms with E-state index in [9.17, 15) is 10.1 Å². The van der Waals surface area contributed by atoms with E-state index < -0.39 is 5.41 Å². The average Bonchev–Trinajstić information content (AvgIpc) is 3.33. The number of benzene rings is 2. The van der Waals surface area contributed by atoms with Crippen LogP contribution in [-0.4, -0.2) is 30.1 Å². The molecule has 0 bridgehead atoms. The number of nitriles is 1. The van der Waals surface area contributed by atoms with Crippen LogP contribution in [0.25, 0.3) is 10.9 Å². The average molecular weight is 372 g/mol. The zero-order valence-electron chi connectivity index (χ0n) is 15.8. The summed E-state index contributed by atoms with van der Waals surface area (Å²) in [5.74, 6) is 0.775. The SMILES string of the molecule is CC1(C)c2cc(O[C@@H]3CCOC3)ccc2C(=O)c2c1[nH]c1cc(C#N)ccc21. The van der Waals surface area contributed by atoms with Crippen LogP contribution >= 0.6 is 0 Å². The number of nitrogens with zero attached hydrogens (tertiary/aromatic N) is 1. The lowest BCUT2D eigenvalue weighted by Crippen LogP contribution is -2.30. The predicted octanol–water partition coefficient (Wildman–Crippen LogP) is 4.08. The molecule has 1 aliphatic carbocycles. The highest BCUT2D eigenvalue weighted by molar-refractivity contribution is 6.20. The summed E-state index contributed by atoms with van der Waals surface area (Å²) >= 11 is 0. The Morgan fingerprint density at radius 2 is 2.11 bits per heavy atom. The first kappa shape index (κ1) is 17.0. The van der Waals surface area contributed by atoms with E-state index in [4.69, 9.17) is 9.47 Å². The van der Waals surface area contributed by atoms with E-state index in [-0.39, 0.29) is 11.9 Å². The number of ether oxygens (including phenoxy) is 2. The molecule has 1 saturated heterocycles. The molecule has 2 aromatic carbocycles. The minimum atomic E-state index is -0.393. The van der Waals surface area contributed by atoms with E-state index in [1.165, 1.54) is 0 Å². The lowest BCUT2D eigenvalue weighted by molar-refractivity contribution is 0.103. The van der Waals surface area contributed by atoms with E-state index in [1.807, 2.05) is 24.3 Å². The number of carbonyl (C=O) groups is 1. The second-order valence-electron chi connectivity index (χ2n) is 8.01. The summed E-state index contributed by atoms with van der Waals surface area (Å²) in [5, 5.41) is 10.1. The van der Waals surface area contributed by atoms with Crippen LogP contribution in [0.4, 0.5) is 0 Å². The Kier molecular flexibility index (Phi) is 3.62. The predicted molar refractivity (Wildman–Crippen MR) is 105 cm³/mol. The van der Waals surface area contributed by atoms with Gasteiger partial charge in [0.25, 0.3) is 0 Å². The molecule has 1 aromatic heterocycles. The van der Waals surface area contributed by atoms with Crippen molar-refractivity contribution in [2.24, 2.45) is 0 Å². The molecular weight excluding hydrogens is 352 g/mol. The number of ketones is 1. The number of aromatic amines is 1. The Morgan fingerprint density at radius 3 is 2.86 bits per heavy atom. The summed E-state index contributed by atoms with van der Waals surface area (Å²) in [6.07, 6.45) is 0.945. The number of hydrogen-bond acceptors (Lipinski definition) is 4. The molecule has 0 saturated carbocycles. The van der Waals surface area contributed by atoms with E-state index >= 15 is 0 Å². The molecule has 1 fully saturated rings. The lowest BCUT2D eigenvalue weighted by Gasteiger charge is -2.32. The molecule has 0 radical (unpaired) electrons. The van der Waals surface area contributed by atoms with Gasteiger partial charge in [-0.2, -0.15) is 5.26 Å². The zero-order valence-corrected chi connectivity index (χ0v) is 15.8. The minimum absolute atomic E-state index is 0.0102. The fourth-order valence-corrected chi connectivity index (χ4v) is 4.35. The molecule has 3 aromatic rings. The van der Waals surface area contributed by atoms with Crippen LogP contribution in [0, 0.1) is 11.3 Å². The summed E-state index contributed by atoms with van der Waals surface area (Å²) < 4.78 is 11.5. The van der Waals surface area contributed by atoms with Gasteiger partial charge in [0.15, 0.2) is 5.78 Å². The van der Waals surface area contributed by atoms with Gasteiger partial charge >= 0.3 is 0 Å². The number of nitrogens with one attached hydrogen (secondary N) is 1. The normalized spacial score (nSPS) is 19.9. The van der Waals surface area contributed by atoms with Gasteiger partial charge in [-0.25, -0.2) is 0 Å². The van der Waals surface area contributed by atoms with Crippen LogP contribution in [-0.2, 0) is 10.2 Å². The molecule has 2 heterocycles. The highest BCUT2D eigenvalue weighted by Gasteiger charge is 2.40. The molecule has 0 amide bonds. The van der Waals surface area contributed by atoms with Crippen molar-refractivity contribution in [3.8, 4) is 11.8 Å². The Labute approximate surface area is 162 Å².